The quantitative estimate of drug-likeness (QED) is 0.153. The number of para-hydroxylation sites is 2. The van der Waals surface area contributed by atoms with Crippen molar-refractivity contribution in [2.24, 2.45) is 0 Å². The third-order valence-corrected chi connectivity index (χ3v) is 10.5. The summed E-state index contributed by atoms with van der Waals surface area (Å²) in [5.41, 5.74) is 16.1. The van der Waals surface area contributed by atoms with Crippen LogP contribution in [0, 0.1) is 0 Å². The standard InChI is InChI=1S/C52H40N2/c1-36(38-14-8-5-9-15-38)30-44(39-16-6-3-4-7-17-39)31-37(2)43-33-45(35-46(34-43)41-24-27-50-42(32-41)28-29-53-50)40-22-25-47(26-23-40)54-51-20-12-10-18-48(51)49-19-11-13-21-52(49)54/h3-6,8-35,53H,2,7H2,1H3/b36-30+,44-31+. The van der Waals surface area contributed by atoms with Crippen LogP contribution in [0.2, 0.25) is 0 Å². The third-order valence-electron chi connectivity index (χ3n) is 10.5. The van der Waals surface area contributed by atoms with Gasteiger partial charge < -0.3 is 9.55 Å². The van der Waals surface area contributed by atoms with Gasteiger partial charge in [0.05, 0.1) is 11.0 Å². The molecule has 54 heavy (non-hydrogen) atoms. The SMILES string of the molecule is C=C(/C=C(\C=C(/C)c1ccccc1)C1=CCC=CC=C1)c1cc(-c2ccc(-n3c4ccccc4c4ccccc43)cc2)cc(-c2ccc3[nH]ccc3c2)c1. The molecule has 2 nitrogen and oxygen atoms in total. The molecule has 0 amide bonds. The van der Waals surface area contributed by atoms with E-state index < -0.39 is 0 Å². The monoisotopic (exact) mass is 692 g/mol. The second-order valence-electron chi connectivity index (χ2n) is 14.0. The second kappa shape index (κ2) is 14.3. The lowest BCUT2D eigenvalue weighted by molar-refractivity contribution is 1.18. The number of nitrogens with zero attached hydrogens (tertiary/aromatic N) is 1. The van der Waals surface area contributed by atoms with Gasteiger partial charge in [0.25, 0.3) is 0 Å². The van der Waals surface area contributed by atoms with E-state index in [2.05, 4.69) is 205 Å². The first-order valence-electron chi connectivity index (χ1n) is 18.6. The van der Waals surface area contributed by atoms with Crippen LogP contribution in [0.1, 0.15) is 24.5 Å². The molecule has 1 aliphatic carbocycles. The molecular formula is C52H40N2. The van der Waals surface area contributed by atoms with Crippen LogP contribution in [-0.2, 0) is 0 Å². The molecule has 0 radical (unpaired) electrons. The lowest BCUT2D eigenvalue weighted by atomic mass is 9.91. The number of fused-ring (bicyclic) bond motifs is 4. The van der Waals surface area contributed by atoms with E-state index in [1.54, 1.807) is 0 Å². The number of benzene rings is 6. The fourth-order valence-corrected chi connectivity index (χ4v) is 7.67. The molecule has 0 fully saturated rings. The molecule has 1 aliphatic rings. The Labute approximate surface area is 316 Å². The van der Waals surface area contributed by atoms with E-state index >= 15 is 0 Å². The summed E-state index contributed by atoms with van der Waals surface area (Å²) in [4.78, 5) is 3.34. The van der Waals surface area contributed by atoms with E-state index in [0.29, 0.717) is 0 Å². The fraction of sp³-hybridized carbons (Fsp3) is 0.0385. The molecule has 2 aromatic heterocycles. The number of H-pyrrole nitrogens is 1. The van der Waals surface area contributed by atoms with Gasteiger partial charge in [-0.3, -0.25) is 0 Å². The normalized spacial score (nSPS) is 13.5. The smallest absolute Gasteiger partial charge is 0.0541 e. The summed E-state index contributed by atoms with van der Waals surface area (Å²) in [6, 6.07) is 52.6. The first kappa shape index (κ1) is 33.0. The van der Waals surface area contributed by atoms with E-state index in [1.807, 2.05) is 6.20 Å². The van der Waals surface area contributed by atoms with Crippen molar-refractivity contribution in [3.8, 4) is 27.9 Å². The van der Waals surface area contributed by atoms with Crippen molar-refractivity contribution in [3.63, 3.8) is 0 Å². The number of hydrogen-bond acceptors (Lipinski definition) is 0. The molecule has 0 saturated carbocycles. The van der Waals surface area contributed by atoms with Gasteiger partial charge in [0.2, 0.25) is 0 Å². The molecule has 1 N–H and O–H groups in total. The van der Waals surface area contributed by atoms with Crippen LogP contribution in [0.5, 0.6) is 0 Å². The topological polar surface area (TPSA) is 20.7 Å². The Morgan fingerprint density at radius 3 is 2.07 bits per heavy atom. The molecule has 0 saturated heterocycles. The van der Waals surface area contributed by atoms with Crippen molar-refractivity contribution in [1.29, 1.82) is 0 Å². The Bertz CT molecular complexity index is 2790. The Hall–Kier alpha value is -6.90. The van der Waals surface area contributed by atoms with Crippen molar-refractivity contribution in [1.82, 2.24) is 9.55 Å². The van der Waals surface area contributed by atoms with Crippen LogP contribution in [0.3, 0.4) is 0 Å². The Kier molecular flexibility index (Phi) is 8.70. The van der Waals surface area contributed by atoms with E-state index in [9.17, 15) is 0 Å². The minimum atomic E-state index is 0.885. The van der Waals surface area contributed by atoms with Gasteiger partial charge in [-0.2, -0.15) is 0 Å². The van der Waals surface area contributed by atoms with Crippen molar-refractivity contribution in [2.75, 3.05) is 0 Å². The molecule has 0 unspecified atom stereocenters. The number of hydrogen-bond donors (Lipinski definition) is 1. The highest BCUT2D eigenvalue weighted by Crippen LogP contribution is 2.36. The van der Waals surface area contributed by atoms with Crippen LogP contribution in [0.4, 0.5) is 0 Å². The maximum absolute atomic E-state index is 4.70. The van der Waals surface area contributed by atoms with Crippen LogP contribution in [0.25, 0.3) is 71.8 Å². The minimum Gasteiger partial charge on any atom is -0.361 e. The fourth-order valence-electron chi connectivity index (χ4n) is 7.67. The summed E-state index contributed by atoms with van der Waals surface area (Å²) >= 11 is 0. The zero-order valence-electron chi connectivity index (χ0n) is 30.3. The lowest BCUT2D eigenvalue weighted by Gasteiger charge is -2.14. The van der Waals surface area contributed by atoms with Gasteiger partial charge in [-0.15, -0.1) is 0 Å². The maximum atomic E-state index is 4.70. The largest absolute Gasteiger partial charge is 0.361 e. The number of rotatable bonds is 8. The predicted octanol–water partition coefficient (Wildman–Crippen LogP) is 14.1. The summed E-state index contributed by atoms with van der Waals surface area (Å²) in [7, 11) is 0. The molecule has 0 spiro atoms. The zero-order chi connectivity index (χ0) is 36.4. The molecule has 9 rings (SSSR count). The summed E-state index contributed by atoms with van der Waals surface area (Å²) in [6.45, 7) is 6.88. The van der Waals surface area contributed by atoms with E-state index in [-0.39, 0.29) is 0 Å². The summed E-state index contributed by atoms with van der Waals surface area (Å²) in [6.07, 6.45) is 18.3. The Balaban J connectivity index is 1.16. The van der Waals surface area contributed by atoms with Crippen LogP contribution >= 0.6 is 0 Å². The van der Waals surface area contributed by atoms with Gasteiger partial charge in [0.1, 0.15) is 0 Å². The van der Waals surface area contributed by atoms with Crippen molar-refractivity contribution in [3.05, 3.63) is 223 Å². The Morgan fingerprint density at radius 1 is 0.630 bits per heavy atom. The van der Waals surface area contributed by atoms with Crippen molar-refractivity contribution in [2.45, 2.75) is 13.3 Å². The van der Waals surface area contributed by atoms with E-state index in [4.69, 9.17) is 6.58 Å². The maximum Gasteiger partial charge on any atom is 0.0541 e. The molecule has 2 heteroatoms. The molecule has 258 valence electrons. The second-order valence-corrected chi connectivity index (χ2v) is 14.0. The van der Waals surface area contributed by atoms with Crippen LogP contribution in [-0.4, -0.2) is 9.55 Å². The average Bonchev–Trinajstić information content (AvgIpc) is 3.72. The predicted molar refractivity (Wildman–Crippen MR) is 232 cm³/mol. The van der Waals surface area contributed by atoms with Gasteiger partial charge in [0.15, 0.2) is 0 Å². The summed E-state index contributed by atoms with van der Waals surface area (Å²) in [5, 5.41) is 3.72. The number of allylic oxidation sites excluding steroid dienone is 11. The molecule has 0 atom stereocenters. The first-order valence-corrected chi connectivity index (χ1v) is 18.6. The highest BCUT2D eigenvalue weighted by Gasteiger charge is 2.14. The molecule has 2 heterocycles. The minimum absolute atomic E-state index is 0.885. The van der Waals surface area contributed by atoms with Crippen LogP contribution < -0.4 is 0 Å². The molecular weight excluding hydrogens is 653 g/mol. The van der Waals surface area contributed by atoms with Gasteiger partial charge in [-0.1, -0.05) is 128 Å². The van der Waals surface area contributed by atoms with E-state index in [1.165, 1.54) is 49.5 Å². The molecule has 0 bridgehead atoms. The molecule has 0 aliphatic heterocycles. The highest BCUT2D eigenvalue weighted by molar-refractivity contribution is 6.09. The lowest BCUT2D eigenvalue weighted by Crippen LogP contribution is -1.94. The molecule has 8 aromatic rings. The number of nitrogens with one attached hydrogen (secondary N) is 1. The molecule has 6 aromatic carbocycles. The Morgan fingerprint density at radius 2 is 1.31 bits per heavy atom. The van der Waals surface area contributed by atoms with Crippen molar-refractivity contribution < 1.29 is 0 Å². The van der Waals surface area contributed by atoms with Gasteiger partial charge in [-0.05, 0) is 141 Å². The summed E-state index contributed by atoms with van der Waals surface area (Å²) in [5.74, 6) is 0. The zero-order valence-corrected chi connectivity index (χ0v) is 30.3. The van der Waals surface area contributed by atoms with Gasteiger partial charge >= 0.3 is 0 Å². The van der Waals surface area contributed by atoms with Gasteiger partial charge in [0, 0.05) is 28.2 Å². The van der Waals surface area contributed by atoms with Crippen LogP contribution in [0.15, 0.2) is 212 Å². The van der Waals surface area contributed by atoms with Crippen molar-refractivity contribution >= 4 is 43.9 Å². The van der Waals surface area contributed by atoms with Gasteiger partial charge in [-0.25, -0.2) is 0 Å². The first-order chi connectivity index (χ1) is 26.6. The average molecular weight is 693 g/mol. The summed E-state index contributed by atoms with van der Waals surface area (Å²) < 4.78 is 2.37. The third kappa shape index (κ3) is 6.40. The van der Waals surface area contributed by atoms with E-state index in [0.717, 1.165) is 51.0 Å². The highest BCUT2D eigenvalue weighted by atomic mass is 15.0. The number of aromatic amines is 1. The number of aromatic nitrogens is 2.